The van der Waals surface area contributed by atoms with Crippen molar-refractivity contribution in [3.63, 3.8) is 0 Å². The summed E-state index contributed by atoms with van der Waals surface area (Å²) in [4.78, 5) is 30.4. The fourth-order valence-electron chi connectivity index (χ4n) is 5.71. The van der Waals surface area contributed by atoms with Gasteiger partial charge in [-0.05, 0) is 81.0 Å². The molecule has 2 aromatic rings. The van der Waals surface area contributed by atoms with E-state index in [-0.39, 0.29) is 24.2 Å². The van der Waals surface area contributed by atoms with Crippen LogP contribution in [0.25, 0.3) is 0 Å². The number of fused-ring (bicyclic) bond motifs is 1. The molecule has 1 aromatic carbocycles. The number of carbonyl (C=O) groups excluding carboxylic acids is 1. The SMILES string of the molecule is COC[C@H](NCc1ccc2c(c1)N=C(c1cc(C)c(=O)n(C)c1)C(CC(C)C)CC2)C(=O)OC1CCCC1. The van der Waals surface area contributed by atoms with Crippen molar-refractivity contribution in [2.45, 2.75) is 84.4 Å². The predicted molar refractivity (Wildman–Crippen MR) is 151 cm³/mol. The van der Waals surface area contributed by atoms with Crippen LogP contribution in [0.5, 0.6) is 0 Å². The van der Waals surface area contributed by atoms with Crippen LogP contribution in [-0.4, -0.2) is 42.1 Å². The van der Waals surface area contributed by atoms with Crippen molar-refractivity contribution in [1.29, 1.82) is 0 Å². The molecule has 1 aliphatic heterocycles. The molecule has 0 amide bonds. The Morgan fingerprint density at radius 2 is 1.95 bits per heavy atom. The molecule has 0 bridgehead atoms. The molecule has 2 aliphatic rings. The minimum absolute atomic E-state index is 0.0224. The van der Waals surface area contributed by atoms with Crippen molar-refractivity contribution in [2.75, 3.05) is 13.7 Å². The first kappa shape index (κ1) is 28.2. The average Bonchev–Trinajstić information content (AvgIpc) is 3.32. The lowest BCUT2D eigenvalue weighted by Gasteiger charge is -2.20. The lowest BCUT2D eigenvalue weighted by molar-refractivity contribution is -0.152. The molecule has 0 saturated heterocycles. The fraction of sp³-hybridized carbons (Fsp3) is 0.581. The molecule has 4 rings (SSSR count). The van der Waals surface area contributed by atoms with Crippen molar-refractivity contribution in [3.8, 4) is 0 Å². The second-order valence-electron chi connectivity index (χ2n) is 11.4. The van der Waals surface area contributed by atoms with Crippen molar-refractivity contribution < 1.29 is 14.3 Å². The molecule has 2 heterocycles. The highest BCUT2D eigenvalue weighted by atomic mass is 16.5. The molecule has 1 aromatic heterocycles. The van der Waals surface area contributed by atoms with E-state index < -0.39 is 6.04 Å². The van der Waals surface area contributed by atoms with Crippen LogP contribution in [-0.2, 0) is 34.3 Å². The quantitative estimate of drug-likeness (QED) is 0.445. The Kier molecular flexibility index (Phi) is 9.55. The number of aryl methyl sites for hydroxylation is 3. The lowest BCUT2D eigenvalue weighted by Crippen LogP contribution is -2.42. The van der Waals surface area contributed by atoms with E-state index in [0.29, 0.717) is 18.4 Å². The van der Waals surface area contributed by atoms with Gasteiger partial charge in [0.25, 0.3) is 5.56 Å². The predicted octanol–water partition coefficient (Wildman–Crippen LogP) is 5.01. The standard InChI is InChI=1S/C31H43N3O4/c1-20(2)14-24-13-12-23-11-10-22(17-32-28(19-37-5)31(36)38-26-8-6-7-9-26)16-27(23)33-29(24)25-15-21(3)30(35)34(4)18-25/h10-11,15-16,18,20,24,26,28,32H,6-9,12-14,17,19H2,1-5H3/t24?,28-/m0/s1. The molecule has 1 fully saturated rings. The fourth-order valence-corrected chi connectivity index (χ4v) is 5.71. The van der Waals surface area contributed by atoms with E-state index in [1.807, 2.05) is 19.2 Å². The average molecular weight is 522 g/mol. The molecule has 206 valence electrons. The molecule has 0 spiro atoms. The van der Waals surface area contributed by atoms with Crippen molar-refractivity contribution in [1.82, 2.24) is 9.88 Å². The van der Waals surface area contributed by atoms with Crippen LogP contribution >= 0.6 is 0 Å². The van der Waals surface area contributed by atoms with Crippen LogP contribution in [0.3, 0.4) is 0 Å². The summed E-state index contributed by atoms with van der Waals surface area (Å²) < 4.78 is 12.7. The van der Waals surface area contributed by atoms with E-state index in [0.717, 1.165) is 73.0 Å². The smallest absolute Gasteiger partial charge is 0.325 e. The summed E-state index contributed by atoms with van der Waals surface area (Å²) in [6, 6.07) is 7.88. The highest BCUT2D eigenvalue weighted by Crippen LogP contribution is 2.33. The number of aliphatic imine (C=N–C) groups is 1. The van der Waals surface area contributed by atoms with Crippen LogP contribution in [0.1, 0.15) is 74.6 Å². The highest BCUT2D eigenvalue weighted by Gasteiger charge is 2.26. The lowest BCUT2D eigenvalue weighted by atomic mass is 9.85. The van der Waals surface area contributed by atoms with Crippen LogP contribution in [0, 0.1) is 18.8 Å². The zero-order chi connectivity index (χ0) is 27.2. The zero-order valence-electron chi connectivity index (χ0n) is 23.6. The molecule has 2 atom stereocenters. The van der Waals surface area contributed by atoms with Gasteiger partial charge in [-0.15, -0.1) is 0 Å². The van der Waals surface area contributed by atoms with Crippen LogP contribution < -0.4 is 10.9 Å². The minimum Gasteiger partial charge on any atom is -0.461 e. The Bertz CT molecular complexity index is 1180. The van der Waals surface area contributed by atoms with Crippen molar-refractivity contribution >= 4 is 17.4 Å². The Morgan fingerprint density at radius 1 is 1.18 bits per heavy atom. The van der Waals surface area contributed by atoms with Gasteiger partial charge in [-0.3, -0.25) is 19.9 Å². The summed E-state index contributed by atoms with van der Waals surface area (Å²) in [6.45, 7) is 7.15. The molecule has 1 aliphatic carbocycles. The van der Waals surface area contributed by atoms with E-state index in [9.17, 15) is 9.59 Å². The molecule has 0 radical (unpaired) electrons. The summed E-state index contributed by atoms with van der Waals surface area (Å²) in [6.07, 6.45) is 9.11. The van der Waals surface area contributed by atoms with Crippen LogP contribution in [0.2, 0.25) is 0 Å². The molecule has 7 heteroatoms. The maximum absolute atomic E-state index is 12.8. The van der Waals surface area contributed by atoms with Gasteiger partial charge in [-0.1, -0.05) is 26.0 Å². The third-order valence-corrected chi connectivity index (χ3v) is 7.71. The van der Waals surface area contributed by atoms with Gasteiger partial charge >= 0.3 is 5.97 Å². The van der Waals surface area contributed by atoms with Gasteiger partial charge in [0.05, 0.1) is 18.0 Å². The first-order chi connectivity index (χ1) is 18.2. The molecule has 1 unspecified atom stereocenters. The Labute approximate surface area is 226 Å². The first-order valence-electron chi connectivity index (χ1n) is 14.1. The minimum atomic E-state index is -0.512. The third-order valence-electron chi connectivity index (χ3n) is 7.71. The van der Waals surface area contributed by atoms with Gasteiger partial charge in [0.15, 0.2) is 0 Å². The number of carbonyl (C=O) groups is 1. The number of hydrogen-bond donors (Lipinski definition) is 1. The monoisotopic (exact) mass is 521 g/mol. The molecular weight excluding hydrogens is 478 g/mol. The van der Waals surface area contributed by atoms with Gasteiger partial charge in [-0.25, -0.2) is 0 Å². The van der Waals surface area contributed by atoms with E-state index in [4.69, 9.17) is 14.5 Å². The maximum Gasteiger partial charge on any atom is 0.325 e. The summed E-state index contributed by atoms with van der Waals surface area (Å²) in [5, 5.41) is 3.35. The summed E-state index contributed by atoms with van der Waals surface area (Å²) in [5.41, 5.74) is 6.07. The first-order valence-corrected chi connectivity index (χ1v) is 14.1. The van der Waals surface area contributed by atoms with Crippen LogP contribution in [0.4, 0.5) is 5.69 Å². The highest BCUT2D eigenvalue weighted by molar-refractivity contribution is 6.04. The molecule has 38 heavy (non-hydrogen) atoms. The van der Waals surface area contributed by atoms with Gasteiger partial charge in [-0.2, -0.15) is 0 Å². The Hall–Kier alpha value is -2.77. The number of esters is 1. The van der Waals surface area contributed by atoms with E-state index >= 15 is 0 Å². The summed E-state index contributed by atoms with van der Waals surface area (Å²) >= 11 is 0. The Balaban J connectivity index is 1.58. The number of methoxy groups -OCH3 is 1. The number of pyridine rings is 1. The second kappa shape index (κ2) is 12.9. The van der Waals surface area contributed by atoms with Gasteiger partial charge in [0.2, 0.25) is 0 Å². The maximum atomic E-state index is 12.8. The van der Waals surface area contributed by atoms with E-state index in [1.165, 1.54) is 5.56 Å². The zero-order valence-corrected chi connectivity index (χ0v) is 23.6. The van der Waals surface area contributed by atoms with E-state index in [2.05, 4.69) is 37.4 Å². The number of aromatic nitrogens is 1. The van der Waals surface area contributed by atoms with Crippen LogP contribution in [0.15, 0.2) is 40.2 Å². The molecular formula is C31H43N3O4. The van der Waals surface area contributed by atoms with E-state index in [1.54, 1.807) is 18.7 Å². The number of nitrogens with one attached hydrogen (secondary N) is 1. The van der Waals surface area contributed by atoms with Crippen molar-refractivity contribution in [2.24, 2.45) is 23.9 Å². The summed E-state index contributed by atoms with van der Waals surface area (Å²) in [5.74, 6) is 0.620. The number of hydrogen-bond acceptors (Lipinski definition) is 6. The largest absolute Gasteiger partial charge is 0.461 e. The van der Waals surface area contributed by atoms with Gasteiger partial charge in [0, 0.05) is 43.9 Å². The summed E-state index contributed by atoms with van der Waals surface area (Å²) in [7, 11) is 3.41. The Morgan fingerprint density at radius 3 is 2.63 bits per heavy atom. The number of rotatable bonds is 10. The molecule has 1 N–H and O–H groups in total. The second-order valence-corrected chi connectivity index (χ2v) is 11.4. The number of benzene rings is 1. The molecule has 1 saturated carbocycles. The van der Waals surface area contributed by atoms with Gasteiger partial charge < -0.3 is 14.0 Å². The normalized spacial score (nSPS) is 18.7. The number of nitrogens with zero attached hydrogens (tertiary/aromatic N) is 2. The van der Waals surface area contributed by atoms with Gasteiger partial charge in [0.1, 0.15) is 12.1 Å². The topological polar surface area (TPSA) is 81.9 Å². The van der Waals surface area contributed by atoms with Crippen molar-refractivity contribution in [3.05, 3.63) is 63.1 Å². The number of ether oxygens (including phenoxy) is 2. The molecule has 7 nitrogen and oxygen atoms in total. The third kappa shape index (κ3) is 7.00.